The lowest BCUT2D eigenvalue weighted by molar-refractivity contribution is -0.129. The van der Waals surface area contributed by atoms with Crippen LogP contribution >= 0.6 is 0 Å². The molecule has 4 aromatic carbocycles. The van der Waals surface area contributed by atoms with Crippen LogP contribution in [0.1, 0.15) is 53.3 Å². The molecule has 1 saturated carbocycles. The highest BCUT2D eigenvalue weighted by Gasteiger charge is 2.37. The molecule has 7 rings (SSSR count). The van der Waals surface area contributed by atoms with Gasteiger partial charge in [0.1, 0.15) is 30.4 Å². The third-order valence-corrected chi connectivity index (χ3v) is 9.69. The van der Waals surface area contributed by atoms with Crippen LogP contribution < -0.4 is 20.9 Å². The fourth-order valence-electron chi connectivity index (χ4n) is 6.97. The van der Waals surface area contributed by atoms with Crippen molar-refractivity contribution >= 4 is 23.5 Å². The van der Waals surface area contributed by atoms with Gasteiger partial charge in [-0.05, 0) is 97.9 Å². The average molecular weight is 704 g/mol. The number of nitrogens with two attached hydrogens (primary N) is 2. The maximum Gasteiger partial charge on any atom is 0.238 e. The molecule has 2 saturated heterocycles. The number of rotatable bonds is 12. The van der Waals surface area contributed by atoms with E-state index in [1.165, 1.54) is 24.0 Å². The van der Waals surface area contributed by atoms with Gasteiger partial charge < -0.3 is 30.7 Å². The van der Waals surface area contributed by atoms with Crippen LogP contribution in [0.4, 0.5) is 5.69 Å². The molecule has 2 atom stereocenters. The van der Waals surface area contributed by atoms with E-state index >= 15 is 0 Å². The molecular formula is C41H49N7O4. The minimum atomic E-state index is -0.134. The Balaban J connectivity index is 0.000000179. The third-order valence-electron chi connectivity index (χ3n) is 9.69. The Bertz CT molecular complexity index is 1830. The molecule has 0 bridgehead atoms. The van der Waals surface area contributed by atoms with Gasteiger partial charge in [0.2, 0.25) is 11.8 Å². The van der Waals surface area contributed by atoms with Gasteiger partial charge in [0.15, 0.2) is 5.96 Å². The Morgan fingerprint density at radius 1 is 0.712 bits per heavy atom. The van der Waals surface area contributed by atoms with Gasteiger partial charge in [-0.3, -0.25) is 19.4 Å². The van der Waals surface area contributed by atoms with Gasteiger partial charge in [0.25, 0.3) is 0 Å². The van der Waals surface area contributed by atoms with E-state index in [9.17, 15) is 9.59 Å². The number of likely N-dealkylation sites (N-methyl/N-ethyl adjacent to an activating group) is 2. The van der Waals surface area contributed by atoms with Gasteiger partial charge in [-0.1, -0.05) is 66.7 Å². The second-order valence-electron chi connectivity index (χ2n) is 13.6. The maximum atomic E-state index is 12.5. The van der Waals surface area contributed by atoms with Crippen molar-refractivity contribution in [2.24, 2.45) is 16.5 Å². The number of aliphatic imine (C=N–C) groups is 1. The molecule has 1 aliphatic carbocycles. The first-order valence-electron chi connectivity index (χ1n) is 17.8. The smallest absolute Gasteiger partial charge is 0.238 e. The van der Waals surface area contributed by atoms with Crippen molar-refractivity contribution in [1.82, 2.24) is 19.6 Å². The van der Waals surface area contributed by atoms with E-state index in [-0.39, 0.29) is 30.1 Å². The van der Waals surface area contributed by atoms with Crippen molar-refractivity contribution in [3.8, 4) is 11.5 Å². The van der Waals surface area contributed by atoms with Crippen LogP contribution in [0.25, 0.3) is 0 Å². The Labute approximate surface area is 306 Å². The fraction of sp³-hybridized carbons (Fsp3) is 0.341. The zero-order chi connectivity index (χ0) is 36.6. The van der Waals surface area contributed by atoms with E-state index in [0.29, 0.717) is 38.5 Å². The number of carbonyl (C=O) groups is 2. The fourth-order valence-corrected chi connectivity index (χ4v) is 6.97. The first kappa shape index (κ1) is 36.4. The first-order valence-corrected chi connectivity index (χ1v) is 17.8. The van der Waals surface area contributed by atoms with Crippen LogP contribution in [0.15, 0.2) is 108 Å². The van der Waals surface area contributed by atoms with E-state index < -0.39 is 0 Å². The number of hydrogen-bond acceptors (Lipinski definition) is 7. The highest BCUT2D eigenvalue weighted by molar-refractivity contribution is 5.82. The number of hydrogen-bond donors (Lipinski definition) is 2. The van der Waals surface area contributed by atoms with Crippen LogP contribution in [0, 0.1) is 0 Å². The summed E-state index contributed by atoms with van der Waals surface area (Å²) in [5.41, 5.74) is 16.4. The predicted octanol–water partition coefficient (Wildman–Crippen LogP) is 5.03. The van der Waals surface area contributed by atoms with E-state index in [0.717, 1.165) is 35.0 Å². The number of carbonyl (C=O) groups excluding carboxylic acids is 2. The van der Waals surface area contributed by atoms with Crippen LogP contribution in [0.2, 0.25) is 0 Å². The van der Waals surface area contributed by atoms with Crippen LogP contribution in [-0.2, 0) is 16.0 Å². The van der Waals surface area contributed by atoms with Gasteiger partial charge in [0.05, 0.1) is 32.4 Å². The molecule has 11 nitrogen and oxygen atoms in total. The summed E-state index contributed by atoms with van der Waals surface area (Å²) in [4.78, 5) is 37.1. The van der Waals surface area contributed by atoms with E-state index in [1.54, 1.807) is 7.11 Å². The van der Waals surface area contributed by atoms with Crippen LogP contribution in [-0.4, -0.2) is 91.4 Å². The molecule has 2 amide bonds. The second-order valence-corrected chi connectivity index (χ2v) is 13.6. The number of benzene rings is 4. The largest absolute Gasteiger partial charge is 0.497 e. The lowest BCUT2D eigenvalue weighted by Gasteiger charge is -2.28. The standard InChI is InChI=1S/C21H24N2O2.C20H25N5O2/c1-22-15-20(24)23(13-14-25-19-5-3-2-4-6-19)21(22)18-11-9-17(10-12-18)16-7-8-16;1-24-13-18(26)25(11-10-14-6-8-17(27-2)9-7-14)19(24)15-4-3-5-16(12-15)23-20(21)22/h2-6,9-12,16,21H,7-8,13-15H2,1H3;3-9,12,19H,10-11,13H2,1-2H3,(H4,21,22,23). The van der Waals surface area contributed by atoms with Crippen molar-refractivity contribution in [1.29, 1.82) is 0 Å². The molecule has 4 N–H and O–H groups in total. The molecule has 11 heteroatoms. The lowest BCUT2D eigenvalue weighted by Crippen LogP contribution is -2.34. The summed E-state index contributed by atoms with van der Waals surface area (Å²) in [6.45, 7) is 2.57. The van der Waals surface area contributed by atoms with Gasteiger partial charge >= 0.3 is 0 Å². The summed E-state index contributed by atoms with van der Waals surface area (Å²) < 4.78 is 11.0. The highest BCUT2D eigenvalue weighted by atomic mass is 16.5. The first-order chi connectivity index (χ1) is 25.2. The normalized spacial score (nSPS) is 19.0. The molecule has 2 unspecified atom stereocenters. The Kier molecular flexibility index (Phi) is 11.7. The molecule has 3 fully saturated rings. The van der Waals surface area contributed by atoms with Crippen molar-refractivity contribution in [2.75, 3.05) is 54.0 Å². The van der Waals surface area contributed by atoms with Crippen LogP contribution in [0.5, 0.6) is 11.5 Å². The monoisotopic (exact) mass is 703 g/mol. The minimum Gasteiger partial charge on any atom is -0.497 e. The number of para-hydroxylation sites is 1. The minimum absolute atomic E-state index is 0.000117. The summed E-state index contributed by atoms with van der Waals surface area (Å²) in [5, 5.41) is 0. The second kappa shape index (κ2) is 16.8. The van der Waals surface area contributed by atoms with Gasteiger partial charge in [-0.25, -0.2) is 4.99 Å². The number of methoxy groups -OCH3 is 1. The number of guanidine groups is 1. The summed E-state index contributed by atoms with van der Waals surface area (Å²) >= 11 is 0. The molecule has 2 aliphatic heterocycles. The van der Waals surface area contributed by atoms with Gasteiger partial charge in [0, 0.05) is 6.54 Å². The van der Waals surface area contributed by atoms with Gasteiger partial charge in [-0.15, -0.1) is 0 Å². The van der Waals surface area contributed by atoms with Crippen molar-refractivity contribution in [2.45, 2.75) is 37.5 Å². The molecule has 4 aromatic rings. The predicted molar refractivity (Wildman–Crippen MR) is 203 cm³/mol. The van der Waals surface area contributed by atoms with E-state index in [4.69, 9.17) is 20.9 Å². The zero-order valence-electron chi connectivity index (χ0n) is 30.2. The lowest BCUT2D eigenvalue weighted by atomic mass is 10.1. The van der Waals surface area contributed by atoms with Crippen molar-refractivity contribution < 1.29 is 19.1 Å². The maximum absolute atomic E-state index is 12.5. The Morgan fingerprint density at radius 3 is 1.94 bits per heavy atom. The number of amides is 2. The Hall–Kier alpha value is -5.39. The molecule has 3 aliphatic rings. The SMILES string of the molecule is CN1CC(=O)N(CCOc2ccccc2)C1c1ccc(C2CC2)cc1.COc1ccc(CCN2C(=O)CN(C)C2c2cccc(N=C(N)N)c2)cc1. The molecule has 272 valence electrons. The molecule has 0 aromatic heterocycles. The van der Waals surface area contributed by atoms with Crippen molar-refractivity contribution in [3.05, 3.63) is 125 Å². The third kappa shape index (κ3) is 9.09. The summed E-state index contributed by atoms with van der Waals surface area (Å²) in [6, 6.07) is 34.1. The molecule has 2 heterocycles. The van der Waals surface area contributed by atoms with E-state index in [2.05, 4.69) is 34.2 Å². The van der Waals surface area contributed by atoms with E-state index in [1.807, 2.05) is 108 Å². The van der Waals surface area contributed by atoms with Gasteiger partial charge in [-0.2, -0.15) is 0 Å². The molecule has 0 radical (unpaired) electrons. The summed E-state index contributed by atoms with van der Waals surface area (Å²) in [7, 11) is 5.60. The molecule has 52 heavy (non-hydrogen) atoms. The zero-order valence-corrected chi connectivity index (χ0v) is 30.2. The highest BCUT2D eigenvalue weighted by Crippen LogP contribution is 2.41. The Morgan fingerprint density at radius 2 is 1.33 bits per heavy atom. The average Bonchev–Trinajstić information content (AvgIpc) is 3.90. The number of nitrogens with zero attached hydrogens (tertiary/aromatic N) is 5. The van der Waals surface area contributed by atoms with Crippen LogP contribution in [0.3, 0.4) is 0 Å². The van der Waals surface area contributed by atoms with Crippen molar-refractivity contribution in [3.63, 3.8) is 0 Å². The molecule has 0 spiro atoms. The number of ether oxygens (including phenoxy) is 2. The quantitative estimate of drug-likeness (QED) is 0.155. The summed E-state index contributed by atoms with van der Waals surface area (Å²) in [5.74, 6) is 2.71. The molecular weight excluding hydrogens is 654 g/mol. The topological polar surface area (TPSA) is 130 Å². The summed E-state index contributed by atoms with van der Waals surface area (Å²) in [6.07, 6.45) is 3.26.